The van der Waals surface area contributed by atoms with E-state index in [1.165, 1.54) is 17.9 Å². The summed E-state index contributed by atoms with van der Waals surface area (Å²) in [6, 6.07) is 7.13. The Kier molecular flexibility index (Phi) is 4.36. The molecule has 15 heavy (non-hydrogen) atoms. The molecule has 1 aromatic heterocycles. The van der Waals surface area contributed by atoms with Crippen molar-refractivity contribution in [2.75, 3.05) is 0 Å². The summed E-state index contributed by atoms with van der Waals surface area (Å²) in [6.07, 6.45) is 1.37. The minimum absolute atomic E-state index is 0. The number of carbonyl (C=O) groups excluding carboxylic acids is 1. The van der Waals surface area contributed by atoms with Crippen LogP contribution in [0, 0.1) is 0 Å². The molecule has 0 aliphatic rings. The third-order valence-electron chi connectivity index (χ3n) is 1.88. The molecule has 74 valence electrons. The molecule has 0 saturated carbocycles. The number of para-hydroxylation sites is 1. The normalized spacial score (nSPS) is 9.67. The summed E-state index contributed by atoms with van der Waals surface area (Å²) in [6.45, 7) is 1.31. The van der Waals surface area contributed by atoms with E-state index >= 15 is 0 Å². The second kappa shape index (κ2) is 5.13. The van der Waals surface area contributed by atoms with E-state index in [1.54, 1.807) is 18.2 Å². The maximum absolute atomic E-state index is 10.7. The molecule has 0 aliphatic heterocycles. The zero-order chi connectivity index (χ0) is 10.1. The van der Waals surface area contributed by atoms with Crippen LogP contribution >= 0.6 is 0 Å². The summed E-state index contributed by atoms with van der Waals surface area (Å²) >= 11 is 0. The van der Waals surface area contributed by atoms with Crippen LogP contribution in [0.1, 0.15) is 6.92 Å². The average molecular weight is 231 g/mol. The third kappa shape index (κ3) is 2.62. The molecule has 0 spiro atoms. The first-order valence-electron chi connectivity index (χ1n) is 4.16. The van der Waals surface area contributed by atoms with Gasteiger partial charge in [0.15, 0.2) is 0 Å². The SMILES string of the molecule is CC(=O)On1cc(O)c2ccccc21.[KH]. The molecule has 4 nitrogen and oxygen atoms in total. The number of aromatic nitrogens is 1. The van der Waals surface area contributed by atoms with Crippen molar-refractivity contribution in [2.45, 2.75) is 6.92 Å². The Morgan fingerprint density at radius 3 is 2.73 bits per heavy atom. The van der Waals surface area contributed by atoms with Crippen LogP contribution in [-0.2, 0) is 4.79 Å². The fourth-order valence-corrected chi connectivity index (χ4v) is 1.35. The molecule has 5 heteroatoms. The predicted molar refractivity (Wildman–Crippen MR) is 58.0 cm³/mol. The standard InChI is InChI=1S/C10H9NO3.K.H/c1-7(12)14-11-6-10(13)8-4-2-3-5-9(8)11;;/h2-6,13H,1H3;;. The van der Waals surface area contributed by atoms with Gasteiger partial charge in [-0.25, -0.2) is 4.79 Å². The van der Waals surface area contributed by atoms with Gasteiger partial charge in [0.05, 0.1) is 11.7 Å². The Morgan fingerprint density at radius 1 is 1.40 bits per heavy atom. The second-order valence-corrected chi connectivity index (χ2v) is 2.94. The molecule has 1 N–H and O–H groups in total. The van der Waals surface area contributed by atoms with Crippen LogP contribution in [0.2, 0.25) is 0 Å². The van der Waals surface area contributed by atoms with Crippen LogP contribution in [0.4, 0.5) is 0 Å². The quantitative estimate of drug-likeness (QED) is 0.734. The molecule has 0 saturated heterocycles. The summed E-state index contributed by atoms with van der Waals surface area (Å²) in [5, 5.41) is 10.2. The van der Waals surface area contributed by atoms with Crippen molar-refractivity contribution in [3.05, 3.63) is 30.5 Å². The number of benzene rings is 1. The molecule has 0 bridgehead atoms. The molecular weight excluding hydrogens is 221 g/mol. The van der Waals surface area contributed by atoms with Gasteiger partial charge in [-0.15, -0.1) is 0 Å². The molecular formula is C10H10KNO3. The van der Waals surface area contributed by atoms with Crippen molar-refractivity contribution in [3.8, 4) is 5.75 Å². The third-order valence-corrected chi connectivity index (χ3v) is 1.88. The molecule has 0 fully saturated rings. The van der Waals surface area contributed by atoms with Gasteiger partial charge in [-0.1, -0.05) is 12.1 Å². The van der Waals surface area contributed by atoms with Gasteiger partial charge in [0, 0.05) is 12.3 Å². The minimum atomic E-state index is -0.425. The Balaban J connectivity index is 0.00000112. The van der Waals surface area contributed by atoms with E-state index in [9.17, 15) is 9.90 Å². The van der Waals surface area contributed by atoms with Crippen molar-refractivity contribution in [1.29, 1.82) is 0 Å². The van der Waals surface area contributed by atoms with Gasteiger partial charge in [0.2, 0.25) is 0 Å². The summed E-state index contributed by atoms with van der Waals surface area (Å²) in [4.78, 5) is 15.6. The van der Waals surface area contributed by atoms with Gasteiger partial charge in [0.25, 0.3) is 0 Å². The van der Waals surface area contributed by atoms with Crippen LogP contribution in [0.3, 0.4) is 0 Å². The number of carbonyl (C=O) groups is 1. The summed E-state index contributed by atoms with van der Waals surface area (Å²) in [5.74, 6) is -0.326. The monoisotopic (exact) mass is 231 g/mol. The number of aromatic hydroxyl groups is 1. The molecule has 0 aliphatic carbocycles. The Morgan fingerprint density at radius 2 is 2.07 bits per heavy atom. The summed E-state index contributed by atoms with van der Waals surface area (Å²) < 4.78 is 1.26. The number of fused-ring (bicyclic) bond motifs is 1. The zero-order valence-corrected chi connectivity index (χ0v) is 7.60. The molecule has 1 heterocycles. The number of hydrogen-bond donors (Lipinski definition) is 1. The van der Waals surface area contributed by atoms with Crippen molar-refractivity contribution in [1.82, 2.24) is 4.73 Å². The molecule has 0 amide bonds. The van der Waals surface area contributed by atoms with Gasteiger partial charge in [0.1, 0.15) is 5.75 Å². The first kappa shape index (κ1) is 12.7. The Hall–Kier alpha value is -0.334. The van der Waals surface area contributed by atoms with Crippen molar-refractivity contribution in [3.63, 3.8) is 0 Å². The van der Waals surface area contributed by atoms with Gasteiger partial charge >= 0.3 is 57.4 Å². The van der Waals surface area contributed by atoms with Crippen LogP contribution in [-0.4, -0.2) is 67.2 Å². The average Bonchev–Trinajstić information content (AvgIpc) is 2.44. The van der Waals surface area contributed by atoms with E-state index in [-0.39, 0.29) is 57.1 Å². The van der Waals surface area contributed by atoms with Crippen LogP contribution in [0.15, 0.2) is 30.5 Å². The van der Waals surface area contributed by atoms with Crippen molar-refractivity contribution in [2.24, 2.45) is 0 Å². The second-order valence-electron chi connectivity index (χ2n) is 2.94. The zero-order valence-electron chi connectivity index (χ0n) is 7.60. The summed E-state index contributed by atoms with van der Waals surface area (Å²) in [7, 11) is 0. The van der Waals surface area contributed by atoms with Gasteiger partial charge in [-0.2, -0.15) is 4.73 Å². The Labute approximate surface area is 129 Å². The van der Waals surface area contributed by atoms with E-state index in [2.05, 4.69) is 0 Å². The van der Waals surface area contributed by atoms with Crippen molar-refractivity contribution >= 4 is 68.3 Å². The van der Waals surface area contributed by atoms with E-state index in [4.69, 9.17) is 4.84 Å². The van der Waals surface area contributed by atoms with Crippen LogP contribution < -0.4 is 4.84 Å². The van der Waals surface area contributed by atoms with E-state index in [0.29, 0.717) is 10.9 Å². The van der Waals surface area contributed by atoms with E-state index < -0.39 is 5.97 Å². The topological polar surface area (TPSA) is 51.5 Å². The molecule has 2 aromatic rings. The number of rotatable bonds is 1. The predicted octanol–water partition coefficient (Wildman–Crippen LogP) is 0.673. The van der Waals surface area contributed by atoms with Crippen LogP contribution in [0.5, 0.6) is 5.75 Å². The molecule has 0 radical (unpaired) electrons. The molecule has 0 atom stereocenters. The molecule has 1 aromatic carbocycles. The van der Waals surface area contributed by atoms with E-state index in [1.807, 2.05) is 6.07 Å². The van der Waals surface area contributed by atoms with Crippen LogP contribution in [0.25, 0.3) is 10.9 Å². The fourth-order valence-electron chi connectivity index (χ4n) is 1.35. The van der Waals surface area contributed by atoms with Gasteiger partial charge < -0.3 is 9.94 Å². The van der Waals surface area contributed by atoms with Gasteiger partial charge in [-0.05, 0) is 12.1 Å². The van der Waals surface area contributed by atoms with Crippen molar-refractivity contribution < 1.29 is 14.7 Å². The first-order chi connectivity index (χ1) is 6.68. The number of hydrogen-bond acceptors (Lipinski definition) is 3. The van der Waals surface area contributed by atoms with E-state index in [0.717, 1.165) is 0 Å². The molecule has 2 rings (SSSR count). The first-order valence-corrected chi connectivity index (χ1v) is 4.16. The Bertz CT molecular complexity index is 492. The maximum atomic E-state index is 10.7. The summed E-state index contributed by atoms with van der Waals surface area (Å²) in [5.41, 5.74) is 0.667. The molecule has 0 unspecified atom stereocenters. The van der Waals surface area contributed by atoms with Gasteiger partial charge in [-0.3, -0.25) is 0 Å². The fraction of sp³-hybridized carbons (Fsp3) is 0.100. The number of nitrogens with zero attached hydrogens (tertiary/aromatic N) is 1.